The van der Waals surface area contributed by atoms with Crippen molar-refractivity contribution in [2.75, 3.05) is 39.8 Å². The highest BCUT2D eigenvalue weighted by atomic mass is 32.2. The number of carbonyl (C=O) groups is 1. The number of hydrogen-bond donors (Lipinski definition) is 1. The molecule has 0 bridgehead atoms. The van der Waals surface area contributed by atoms with Crippen molar-refractivity contribution in [3.05, 3.63) is 29.8 Å². The zero-order valence-electron chi connectivity index (χ0n) is 15.8. The molecule has 1 fully saturated rings. The van der Waals surface area contributed by atoms with Gasteiger partial charge in [-0.2, -0.15) is 4.31 Å². The maximum absolute atomic E-state index is 12.9. The molecule has 1 saturated heterocycles. The average Bonchev–Trinajstić information content (AvgIpc) is 2.53. The standard InChI is InChI=1S/C18H28N2O5S/c1-18(2,3)14-5-7-16(8-6-14)26(23,24)20-9-10-25-15(12-20)11-19(4)13-17(21)22/h5-8,15H,9-13H2,1-4H3,(H,21,22). The molecule has 26 heavy (non-hydrogen) atoms. The largest absolute Gasteiger partial charge is 0.480 e. The summed E-state index contributed by atoms with van der Waals surface area (Å²) in [6.45, 7) is 7.30. The quantitative estimate of drug-likeness (QED) is 0.798. The lowest BCUT2D eigenvalue weighted by molar-refractivity contribution is -0.138. The number of aliphatic carboxylic acids is 1. The van der Waals surface area contributed by atoms with E-state index < -0.39 is 16.0 Å². The topological polar surface area (TPSA) is 87.2 Å². The molecule has 0 spiro atoms. The number of hydrogen-bond acceptors (Lipinski definition) is 5. The van der Waals surface area contributed by atoms with Crippen LogP contribution in [0.5, 0.6) is 0 Å². The molecule has 1 aromatic carbocycles. The summed E-state index contributed by atoms with van der Waals surface area (Å²) in [5.74, 6) is -0.924. The van der Waals surface area contributed by atoms with Crippen LogP contribution in [0, 0.1) is 0 Å². The first-order chi connectivity index (χ1) is 12.0. The minimum Gasteiger partial charge on any atom is -0.480 e. The first-order valence-electron chi connectivity index (χ1n) is 8.63. The summed E-state index contributed by atoms with van der Waals surface area (Å²) in [5, 5.41) is 8.83. The summed E-state index contributed by atoms with van der Waals surface area (Å²) in [5.41, 5.74) is 1.03. The van der Waals surface area contributed by atoms with Crippen LogP contribution in [0.25, 0.3) is 0 Å². The second kappa shape index (κ2) is 8.04. The van der Waals surface area contributed by atoms with Crippen molar-refractivity contribution in [1.82, 2.24) is 9.21 Å². The van der Waals surface area contributed by atoms with Gasteiger partial charge in [0.1, 0.15) is 0 Å². The maximum atomic E-state index is 12.9. The van der Waals surface area contributed by atoms with Crippen LogP contribution >= 0.6 is 0 Å². The molecule has 1 unspecified atom stereocenters. The van der Waals surface area contributed by atoms with Crippen LogP contribution in [0.15, 0.2) is 29.2 Å². The van der Waals surface area contributed by atoms with E-state index in [1.54, 1.807) is 24.1 Å². The second-order valence-corrected chi connectivity index (χ2v) is 9.66. The normalized spacial score (nSPS) is 19.7. The fourth-order valence-corrected chi connectivity index (χ4v) is 4.40. The fourth-order valence-electron chi connectivity index (χ4n) is 2.94. The first-order valence-corrected chi connectivity index (χ1v) is 10.1. The molecule has 0 amide bonds. The Morgan fingerprint density at radius 2 is 1.92 bits per heavy atom. The molecular formula is C18H28N2O5S. The molecule has 1 aliphatic heterocycles. The third kappa shape index (κ3) is 5.26. The highest BCUT2D eigenvalue weighted by molar-refractivity contribution is 7.89. The zero-order chi connectivity index (χ0) is 19.5. The fraction of sp³-hybridized carbons (Fsp3) is 0.611. The molecule has 8 heteroatoms. The van der Waals surface area contributed by atoms with E-state index in [0.717, 1.165) is 5.56 Å². The zero-order valence-corrected chi connectivity index (χ0v) is 16.6. The summed E-state index contributed by atoms with van der Waals surface area (Å²) >= 11 is 0. The molecule has 0 aromatic heterocycles. The van der Waals surface area contributed by atoms with Gasteiger partial charge in [0, 0.05) is 19.6 Å². The van der Waals surface area contributed by atoms with E-state index in [2.05, 4.69) is 20.8 Å². The summed E-state index contributed by atoms with van der Waals surface area (Å²) < 4.78 is 32.9. The molecule has 1 heterocycles. The summed E-state index contributed by atoms with van der Waals surface area (Å²) in [6.07, 6.45) is -0.350. The Labute approximate surface area is 155 Å². The van der Waals surface area contributed by atoms with Crippen LogP contribution in [0.2, 0.25) is 0 Å². The van der Waals surface area contributed by atoms with Gasteiger partial charge in [-0.05, 0) is 30.2 Å². The van der Waals surface area contributed by atoms with E-state index in [4.69, 9.17) is 9.84 Å². The van der Waals surface area contributed by atoms with Crippen LogP contribution in [-0.4, -0.2) is 74.6 Å². The number of carboxylic acids is 1. The van der Waals surface area contributed by atoms with Gasteiger partial charge in [0.2, 0.25) is 10.0 Å². The Morgan fingerprint density at radius 3 is 2.46 bits per heavy atom. The minimum atomic E-state index is -3.60. The minimum absolute atomic E-state index is 0.0406. The monoisotopic (exact) mass is 384 g/mol. The Balaban J connectivity index is 2.09. The summed E-state index contributed by atoms with van der Waals surface area (Å²) in [4.78, 5) is 12.7. The van der Waals surface area contributed by atoms with Gasteiger partial charge in [-0.15, -0.1) is 0 Å². The highest BCUT2D eigenvalue weighted by Crippen LogP contribution is 2.25. The molecule has 0 saturated carbocycles. The number of carboxylic acid groups (broad SMARTS) is 1. The molecule has 0 radical (unpaired) electrons. The molecule has 1 aliphatic rings. The Kier molecular flexibility index (Phi) is 6.44. The average molecular weight is 384 g/mol. The van der Waals surface area contributed by atoms with E-state index in [1.807, 2.05) is 12.1 Å². The van der Waals surface area contributed by atoms with Crippen molar-refractivity contribution in [3.8, 4) is 0 Å². The number of rotatable bonds is 6. The molecule has 0 aliphatic carbocycles. The Bertz CT molecular complexity index is 725. The summed E-state index contributed by atoms with van der Waals surface area (Å²) in [7, 11) is -1.92. The third-order valence-electron chi connectivity index (χ3n) is 4.38. The number of ether oxygens (including phenoxy) is 1. The lowest BCUT2D eigenvalue weighted by atomic mass is 9.87. The van der Waals surface area contributed by atoms with Crippen LogP contribution in [0.3, 0.4) is 0 Å². The summed E-state index contributed by atoms with van der Waals surface area (Å²) in [6, 6.07) is 7.00. The smallest absolute Gasteiger partial charge is 0.317 e. The van der Waals surface area contributed by atoms with Gasteiger partial charge in [0.05, 0.1) is 24.2 Å². The predicted molar refractivity (Wildman–Crippen MR) is 98.8 cm³/mol. The molecule has 2 rings (SSSR count). The van der Waals surface area contributed by atoms with Crippen molar-refractivity contribution in [2.45, 2.75) is 37.2 Å². The molecular weight excluding hydrogens is 356 g/mol. The number of morpholine rings is 1. The molecule has 7 nitrogen and oxygen atoms in total. The van der Waals surface area contributed by atoms with Gasteiger partial charge in [0.25, 0.3) is 0 Å². The maximum Gasteiger partial charge on any atom is 0.317 e. The first kappa shape index (κ1) is 20.8. The van der Waals surface area contributed by atoms with Gasteiger partial charge in [0.15, 0.2) is 0 Å². The van der Waals surface area contributed by atoms with Crippen molar-refractivity contribution in [2.24, 2.45) is 0 Å². The van der Waals surface area contributed by atoms with Gasteiger partial charge in [-0.3, -0.25) is 9.69 Å². The molecule has 1 atom stereocenters. The van der Waals surface area contributed by atoms with Gasteiger partial charge in [-0.25, -0.2) is 8.42 Å². The second-order valence-electron chi connectivity index (χ2n) is 7.72. The lowest BCUT2D eigenvalue weighted by Crippen LogP contribution is -2.49. The SMILES string of the molecule is CN(CC(=O)O)CC1CN(S(=O)(=O)c2ccc(C(C)(C)C)cc2)CCO1. The van der Waals surface area contributed by atoms with Gasteiger partial charge >= 0.3 is 5.97 Å². The number of likely N-dealkylation sites (N-methyl/N-ethyl adjacent to an activating group) is 1. The Morgan fingerprint density at radius 1 is 1.31 bits per heavy atom. The lowest BCUT2D eigenvalue weighted by Gasteiger charge is -2.34. The number of benzene rings is 1. The highest BCUT2D eigenvalue weighted by Gasteiger charge is 2.31. The Hall–Kier alpha value is -1.48. The van der Waals surface area contributed by atoms with Crippen molar-refractivity contribution in [1.29, 1.82) is 0 Å². The van der Waals surface area contributed by atoms with E-state index in [-0.39, 0.29) is 29.5 Å². The molecule has 1 aromatic rings. The molecule has 1 N–H and O–H groups in total. The number of sulfonamides is 1. The van der Waals surface area contributed by atoms with E-state index >= 15 is 0 Å². The van der Waals surface area contributed by atoms with Crippen LogP contribution in [0.4, 0.5) is 0 Å². The van der Waals surface area contributed by atoms with E-state index in [0.29, 0.717) is 19.7 Å². The van der Waals surface area contributed by atoms with Crippen LogP contribution in [0.1, 0.15) is 26.3 Å². The number of nitrogens with zero attached hydrogens (tertiary/aromatic N) is 2. The van der Waals surface area contributed by atoms with Crippen molar-refractivity contribution >= 4 is 16.0 Å². The van der Waals surface area contributed by atoms with E-state index in [9.17, 15) is 13.2 Å². The van der Waals surface area contributed by atoms with Crippen molar-refractivity contribution < 1.29 is 23.1 Å². The van der Waals surface area contributed by atoms with E-state index in [1.165, 1.54) is 4.31 Å². The van der Waals surface area contributed by atoms with Gasteiger partial charge in [-0.1, -0.05) is 32.9 Å². The van der Waals surface area contributed by atoms with Crippen LogP contribution < -0.4 is 0 Å². The van der Waals surface area contributed by atoms with Gasteiger partial charge < -0.3 is 9.84 Å². The molecule has 146 valence electrons. The third-order valence-corrected chi connectivity index (χ3v) is 6.26. The van der Waals surface area contributed by atoms with Crippen LogP contribution in [-0.2, 0) is 25.0 Å². The predicted octanol–water partition coefficient (Wildman–Crippen LogP) is 1.39. The van der Waals surface area contributed by atoms with Crippen molar-refractivity contribution in [3.63, 3.8) is 0 Å².